The van der Waals surface area contributed by atoms with Crippen LogP contribution < -0.4 is 18.9 Å². The summed E-state index contributed by atoms with van der Waals surface area (Å²) < 4.78 is 14.4. The van der Waals surface area contributed by atoms with Crippen LogP contribution in [0.1, 0.15) is 30.0 Å². The van der Waals surface area contributed by atoms with Crippen LogP contribution in [-0.4, -0.2) is 20.8 Å². The average molecular weight is 528 g/mol. The normalized spacial score (nSPS) is 14.4. The second kappa shape index (κ2) is 11.3. The van der Waals surface area contributed by atoms with Gasteiger partial charge in [-0.2, -0.15) is 4.57 Å². The molecule has 0 amide bonds. The van der Waals surface area contributed by atoms with E-state index in [0.29, 0.717) is 0 Å². The quantitative estimate of drug-likeness (QED) is 0.172. The molecule has 0 bridgehead atoms. The fraction of sp³-hybridized carbons (Fsp3) is 0.194. The molecule has 188 valence electrons. The number of thiazole rings is 1. The summed E-state index contributed by atoms with van der Waals surface area (Å²) >= 11 is 3.64. The molecule has 6 heteroatoms. The third-order valence-electron chi connectivity index (χ3n) is 6.39. The second-order valence-electron chi connectivity index (χ2n) is 8.56. The number of hydrogen-bond donors (Lipinski definition) is 0. The van der Waals surface area contributed by atoms with Gasteiger partial charge in [-0.1, -0.05) is 53.5 Å². The molecule has 0 atom stereocenters. The first-order chi connectivity index (χ1) is 18.1. The van der Waals surface area contributed by atoms with Gasteiger partial charge in [-0.25, -0.2) is 0 Å². The lowest BCUT2D eigenvalue weighted by atomic mass is 10.1. The Morgan fingerprint density at radius 3 is 2.30 bits per heavy atom. The van der Waals surface area contributed by atoms with Gasteiger partial charge in [-0.3, -0.25) is 0 Å². The Labute approximate surface area is 227 Å². The first-order valence-corrected chi connectivity index (χ1v) is 14.1. The third-order valence-corrected chi connectivity index (χ3v) is 8.63. The van der Waals surface area contributed by atoms with E-state index in [4.69, 9.17) is 9.47 Å². The largest absolute Gasteiger partial charge is 0.497 e. The lowest BCUT2D eigenvalue weighted by molar-refractivity contribution is -0.665. The summed E-state index contributed by atoms with van der Waals surface area (Å²) in [5.41, 5.74) is 4.83. The highest BCUT2D eigenvalue weighted by molar-refractivity contribution is 8.03. The SMILES string of the molecule is CCN1C(=CC=Cc2sc3cc(C=Cc4ccc(OC)cc4)ccc3[n+]2CC)Sc2ccc(OC)cc21. The van der Waals surface area contributed by atoms with Gasteiger partial charge in [0.25, 0.3) is 5.01 Å². The van der Waals surface area contributed by atoms with E-state index in [1.54, 1.807) is 14.2 Å². The minimum Gasteiger partial charge on any atom is -0.497 e. The summed E-state index contributed by atoms with van der Waals surface area (Å²) in [6, 6.07) is 21.1. The summed E-state index contributed by atoms with van der Waals surface area (Å²) in [4.78, 5) is 3.61. The van der Waals surface area contributed by atoms with Gasteiger partial charge in [0.2, 0.25) is 5.52 Å². The molecule has 0 fully saturated rings. The number of methoxy groups -OCH3 is 2. The number of allylic oxidation sites excluding steroid dienone is 2. The van der Waals surface area contributed by atoms with Crippen molar-refractivity contribution in [2.75, 3.05) is 25.7 Å². The van der Waals surface area contributed by atoms with E-state index < -0.39 is 0 Å². The predicted octanol–water partition coefficient (Wildman–Crippen LogP) is 7.88. The maximum atomic E-state index is 5.44. The molecule has 1 aliphatic rings. The molecule has 37 heavy (non-hydrogen) atoms. The number of rotatable bonds is 8. The van der Waals surface area contributed by atoms with Crippen molar-refractivity contribution >= 4 is 57.2 Å². The van der Waals surface area contributed by atoms with Crippen molar-refractivity contribution in [3.05, 3.63) is 94.0 Å². The molecule has 0 aliphatic carbocycles. The summed E-state index contributed by atoms with van der Waals surface area (Å²) in [5, 5.41) is 2.48. The Morgan fingerprint density at radius 1 is 0.838 bits per heavy atom. The first kappa shape index (κ1) is 25.2. The molecule has 0 saturated heterocycles. The molecular formula is C31H31N2O2S2+. The van der Waals surface area contributed by atoms with Crippen LogP contribution in [0.5, 0.6) is 11.5 Å². The zero-order valence-corrected chi connectivity index (χ0v) is 23.2. The van der Waals surface area contributed by atoms with Crippen LogP contribution in [0.4, 0.5) is 5.69 Å². The van der Waals surface area contributed by atoms with Crippen LogP contribution in [0, 0.1) is 0 Å². The molecule has 0 unspecified atom stereocenters. The zero-order valence-electron chi connectivity index (χ0n) is 21.6. The fourth-order valence-corrected chi connectivity index (χ4v) is 6.76. The molecule has 1 aliphatic heterocycles. The number of hydrogen-bond acceptors (Lipinski definition) is 5. The smallest absolute Gasteiger partial charge is 0.262 e. The van der Waals surface area contributed by atoms with Gasteiger partial charge in [0, 0.05) is 29.6 Å². The number of aryl methyl sites for hydroxylation is 1. The van der Waals surface area contributed by atoms with Crippen LogP contribution in [0.15, 0.2) is 82.7 Å². The standard InChI is InChI=1S/C31H31N2O2S2/c1-5-32-26-18-14-23(11-10-22-12-15-24(34-3)16-13-22)20-29(26)37-30(32)8-7-9-31-33(6-2)27-21-25(35-4)17-19-28(27)36-31/h7-21H,5-6H2,1-4H3/q+1. The molecule has 0 N–H and O–H groups in total. The van der Waals surface area contributed by atoms with Gasteiger partial charge >= 0.3 is 0 Å². The van der Waals surface area contributed by atoms with Crippen molar-refractivity contribution < 1.29 is 14.0 Å². The van der Waals surface area contributed by atoms with Crippen molar-refractivity contribution in [2.45, 2.75) is 25.3 Å². The Kier molecular flexibility index (Phi) is 7.68. The minimum absolute atomic E-state index is 0.871. The number of ether oxygens (including phenoxy) is 2. The van der Waals surface area contributed by atoms with Gasteiger partial charge in [-0.15, -0.1) is 0 Å². The van der Waals surface area contributed by atoms with E-state index in [1.165, 1.54) is 36.4 Å². The highest BCUT2D eigenvalue weighted by Gasteiger charge is 2.24. The van der Waals surface area contributed by atoms with Crippen molar-refractivity contribution in [3.8, 4) is 11.5 Å². The van der Waals surface area contributed by atoms with Gasteiger partial charge in [0.1, 0.15) is 22.7 Å². The lowest BCUT2D eigenvalue weighted by Gasteiger charge is -2.18. The average Bonchev–Trinajstić information content (AvgIpc) is 3.47. The van der Waals surface area contributed by atoms with Crippen molar-refractivity contribution in [1.82, 2.24) is 0 Å². The highest BCUT2D eigenvalue weighted by atomic mass is 32.2. The molecule has 3 aromatic carbocycles. The van der Waals surface area contributed by atoms with Crippen molar-refractivity contribution in [2.24, 2.45) is 0 Å². The monoisotopic (exact) mass is 527 g/mol. The molecule has 1 aromatic heterocycles. The van der Waals surface area contributed by atoms with Gasteiger partial charge in [0.15, 0.2) is 0 Å². The van der Waals surface area contributed by atoms with Crippen LogP contribution in [0.3, 0.4) is 0 Å². The van der Waals surface area contributed by atoms with Crippen molar-refractivity contribution in [1.29, 1.82) is 0 Å². The molecule has 5 rings (SSSR count). The molecule has 0 spiro atoms. The Balaban J connectivity index is 1.37. The lowest BCUT2D eigenvalue weighted by Crippen LogP contribution is -2.33. The van der Waals surface area contributed by atoms with Crippen LogP contribution in [-0.2, 0) is 6.54 Å². The van der Waals surface area contributed by atoms with E-state index in [2.05, 4.69) is 96.2 Å². The Hall–Kier alpha value is -3.48. The van der Waals surface area contributed by atoms with Gasteiger partial charge in [-0.05, 0) is 67.4 Å². The number of benzene rings is 3. The predicted molar refractivity (Wildman–Crippen MR) is 159 cm³/mol. The number of nitrogens with zero attached hydrogens (tertiary/aromatic N) is 2. The fourth-order valence-electron chi connectivity index (χ4n) is 4.45. The minimum atomic E-state index is 0.871. The Morgan fingerprint density at radius 2 is 1.57 bits per heavy atom. The Bertz CT molecular complexity index is 1500. The highest BCUT2D eigenvalue weighted by Crippen LogP contribution is 2.47. The summed E-state index contributed by atoms with van der Waals surface area (Å²) in [6.45, 7) is 6.23. The zero-order chi connectivity index (χ0) is 25.8. The molecule has 4 aromatic rings. The van der Waals surface area contributed by atoms with Crippen LogP contribution in [0.2, 0.25) is 0 Å². The molecule has 4 nitrogen and oxygen atoms in total. The number of aromatic nitrogens is 1. The summed E-state index contributed by atoms with van der Waals surface area (Å²) in [7, 11) is 3.40. The van der Waals surface area contributed by atoms with Crippen LogP contribution >= 0.6 is 23.1 Å². The van der Waals surface area contributed by atoms with Gasteiger partial charge in [0.05, 0.1) is 24.9 Å². The van der Waals surface area contributed by atoms with E-state index in [-0.39, 0.29) is 0 Å². The molecule has 0 radical (unpaired) electrons. The number of fused-ring (bicyclic) bond motifs is 2. The van der Waals surface area contributed by atoms with E-state index >= 15 is 0 Å². The summed E-state index contributed by atoms with van der Waals surface area (Å²) in [6.07, 6.45) is 10.9. The third kappa shape index (κ3) is 5.31. The van der Waals surface area contributed by atoms with Crippen molar-refractivity contribution in [3.63, 3.8) is 0 Å². The molecule has 2 heterocycles. The number of thioether (sulfide) groups is 1. The molecular weight excluding hydrogens is 496 g/mol. The van der Waals surface area contributed by atoms with E-state index in [0.717, 1.165) is 30.2 Å². The second-order valence-corrected chi connectivity index (χ2v) is 10.7. The van der Waals surface area contributed by atoms with E-state index in [1.807, 2.05) is 41.3 Å². The maximum absolute atomic E-state index is 5.44. The van der Waals surface area contributed by atoms with E-state index in [9.17, 15) is 0 Å². The maximum Gasteiger partial charge on any atom is 0.262 e. The van der Waals surface area contributed by atoms with Gasteiger partial charge < -0.3 is 14.4 Å². The number of anilines is 1. The van der Waals surface area contributed by atoms with Crippen LogP contribution in [0.25, 0.3) is 28.4 Å². The summed E-state index contributed by atoms with van der Waals surface area (Å²) in [5.74, 6) is 1.76. The topological polar surface area (TPSA) is 25.6 Å². The first-order valence-electron chi connectivity index (χ1n) is 12.4. The molecule has 0 saturated carbocycles.